The van der Waals surface area contributed by atoms with Crippen molar-refractivity contribution >= 4 is 44.4 Å². The maximum absolute atomic E-state index is 13.8. The molecule has 8 aromatic rings. The molecule has 0 aliphatic heterocycles. The zero-order chi connectivity index (χ0) is 29.8. The monoisotopic (exact) mass is 596 g/mol. The molecule has 11 heteroatoms. The molecule has 2 N–H and O–H groups in total. The van der Waals surface area contributed by atoms with Crippen LogP contribution in [-0.4, -0.2) is 39.7 Å². The van der Waals surface area contributed by atoms with Crippen molar-refractivity contribution in [3.8, 4) is 28.5 Å². The first-order valence-corrected chi connectivity index (χ1v) is 14.2. The van der Waals surface area contributed by atoms with Gasteiger partial charge in [0, 0.05) is 21.5 Å². The molecule has 0 radical (unpaired) electrons. The van der Waals surface area contributed by atoms with Crippen LogP contribution < -0.4 is 11.1 Å². The summed E-state index contributed by atoms with van der Waals surface area (Å²) >= 11 is 6.44. The Kier molecular flexibility index (Phi) is 5.95. The van der Waals surface area contributed by atoms with Crippen molar-refractivity contribution < 1.29 is 0 Å². The van der Waals surface area contributed by atoms with E-state index in [0.717, 1.165) is 32.3 Å². The molecule has 8 rings (SSSR count). The molecule has 0 unspecified atom stereocenters. The van der Waals surface area contributed by atoms with Crippen LogP contribution in [0.15, 0.2) is 113 Å². The molecule has 44 heavy (non-hydrogen) atoms. The summed E-state index contributed by atoms with van der Waals surface area (Å²) in [5.41, 5.74) is 3.97. The van der Waals surface area contributed by atoms with Gasteiger partial charge in [-0.25, -0.2) is 14.6 Å². The molecule has 4 aromatic carbocycles. The van der Waals surface area contributed by atoms with Gasteiger partial charge in [-0.15, -0.1) is 5.10 Å². The second kappa shape index (κ2) is 10.1. The van der Waals surface area contributed by atoms with Gasteiger partial charge in [0.05, 0.1) is 23.0 Å². The number of H-pyrrole nitrogens is 2. The van der Waals surface area contributed by atoms with Gasteiger partial charge in [-0.1, -0.05) is 89.6 Å². The highest BCUT2D eigenvalue weighted by Gasteiger charge is 2.24. The second-order valence-corrected chi connectivity index (χ2v) is 10.8. The van der Waals surface area contributed by atoms with Crippen LogP contribution in [0.5, 0.6) is 0 Å². The Labute approximate surface area is 253 Å². The summed E-state index contributed by atoms with van der Waals surface area (Å²) in [6, 6.07) is 31.9. The number of aromatic nitrogens is 8. The van der Waals surface area contributed by atoms with Crippen molar-refractivity contribution in [1.29, 1.82) is 0 Å². The molecule has 10 nitrogen and oxygen atoms in total. The second-order valence-electron chi connectivity index (χ2n) is 10.3. The molecular weight excluding hydrogens is 576 g/mol. The lowest BCUT2D eigenvalue weighted by molar-refractivity contribution is 0.664. The molecule has 0 amide bonds. The van der Waals surface area contributed by atoms with Crippen molar-refractivity contribution in [3.05, 3.63) is 134 Å². The Morgan fingerprint density at radius 3 is 2.30 bits per heavy atom. The van der Waals surface area contributed by atoms with Crippen molar-refractivity contribution in [2.75, 3.05) is 0 Å². The fourth-order valence-electron chi connectivity index (χ4n) is 5.56. The van der Waals surface area contributed by atoms with Gasteiger partial charge in [-0.2, -0.15) is 4.68 Å². The van der Waals surface area contributed by atoms with Gasteiger partial charge >= 0.3 is 0 Å². The highest BCUT2D eigenvalue weighted by atomic mass is 35.5. The van der Waals surface area contributed by atoms with Crippen LogP contribution in [-0.2, 0) is 6.54 Å². The van der Waals surface area contributed by atoms with E-state index in [-0.39, 0.29) is 27.9 Å². The minimum atomic E-state index is -0.449. The Morgan fingerprint density at radius 2 is 1.50 bits per heavy atom. The first-order chi connectivity index (χ1) is 21.5. The summed E-state index contributed by atoms with van der Waals surface area (Å²) < 4.78 is 2.78. The highest BCUT2D eigenvalue weighted by molar-refractivity contribution is 6.31. The van der Waals surface area contributed by atoms with Crippen molar-refractivity contribution in [3.63, 3.8) is 0 Å². The average Bonchev–Trinajstić information content (AvgIpc) is 3.64. The van der Waals surface area contributed by atoms with E-state index in [4.69, 9.17) is 21.6 Å². The van der Waals surface area contributed by atoms with Gasteiger partial charge in [-0.3, -0.25) is 14.7 Å². The number of hydrogen-bond acceptors (Lipinski definition) is 6. The molecule has 0 atom stereocenters. The molecule has 212 valence electrons. The van der Waals surface area contributed by atoms with E-state index in [1.807, 2.05) is 78.9 Å². The van der Waals surface area contributed by atoms with Gasteiger partial charge in [0.2, 0.25) is 0 Å². The van der Waals surface area contributed by atoms with Gasteiger partial charge < -0.3 is 4.98 Å². The van der Waals surface area contributed by atoms with E-state index < -0.39 is 11.1 Å². The zero-order valence-corrected chi connectivity index (χ0v) is 23.7. The summed E-state index contributed by atoms with van der Waals surface area (Å²) in [7, 11) is 0. The third-order valence-corrected chi connectivity index (χ3v) is 7.83. The fraction of sp³-hybridized carbons (Fsp3) is 0.0303. The smallest absolute Gasteiger partial charge is 0.279 e. The van der Waals surface area contributed by atoms with Gasteiger partial charge in [0.1, 0.15) is 0 Å². The summed E-state index contributed by atoms with van der Waals surface area (Å²) in [5.74, 6) is 0.393. The third-order valence-electron chi connectivity index (χ3n) is 7.60. The van der Waals surface area contributed by atoms with E-state index in [1.165, 1.54) is 0 Å². The van der Waals surface area contributed by atoms with E-state index in [0.29, 0.717) is 22.9 Å². The molecule has 0 fully saturated rings. The Balaban J connectivity index is 1.46. The average molecular weight is 597 g/mol. The van der Waals surface area contributed by atoms with E-state index in [1.54, 1.807) is 28.9 Å². The molecule has 0 saturated carbocycles. The van der Waals surface area contributed by atoms with Crippen molar-refractivity contribution in [2.45, 2.75) is 6.54 Å². The Hall–Kier alpha value is -5.87. The minimum absolute atomic E-state index is 0.105. The summed E-state index contributed by atoms with van der Waals surface area (Å²) in [6.45, 7) is 0.379. The molecule has 0 aliphatic rings. The van der Waals surface area contributed by atoms with Gasteiger partial charge in [0.15, 0.2) is 22.8 Å². The summed E-state index contributed by atoms with van der Waals surface area (Å²) in [6.07, 6.45) is 0. The molecule has 0 saturated heterocycles. The van der Waals surface area contributed by atoms with Crippen molar-refractivity contribution in [1.82, 2.24) is 39.7 Å². The van der Waals surface area contributed by atoms with Crippen LogP contribution in [0, 0.1) is 0 Å². The van der Waals surface area contributed by atoms with Gasteiger partial charge in [-0.05, 0) is 41.5 Å². The summed E-state index contributed by atoms with van der Waals surface area (Å²) in [5, 5.41) is 13.5. The van der Waals surface area contributed by atoms with Crippen LogP contribution in [0.3, 0.4) is 0 Å². The molecule has 4 heterocycles. The molecule has 0 aliphatic carbocycles. The highest BCUT2D eigenvalue weighted by Crippen LogP contribution is 2.38. The number of hydrogen-bond donors (Lipinski definition) is 2. The number of aromatic amines is 2. The van der Waals surface area contributed by atoms with Crippen LogP contribution in [0.4, 0.5) is 0 Å². The third kappa shape index (κ3) is 4.19. The first kappa shape index (κ1) is 25.8. The topological polar surface area (TPSA) is 127 Å². The predicted molar refractivity (Wildman–Crippen MR) is 170 cm³/mol. The number of nitrogens with one attached hydrogen (secondary N) is 2. The standard InChI is InChI=1S/C33H21ClN8O2/c34-21-15-16-25-24(17-21)26(20-11-5-2-6-12-20)27(35-25)29-36-30-28(38-40-41(30)18-19-9-3-1-4-10-19)31(37-29)42-33(44)23-14-8-7-13-22(23)32(43)39-42/h1-17,35H,18H2,(H,39,43). The lowest BCUT2D eigenvalue weighted by atomic mass is 10.0. The predicted octanol–water partition coefficient (Wildman–Crippen LogP) is 5.73. The van der Waals surface area contributed by atoms with Crippen LogP contribution in [0.2, 0.25) is 5.02 Å². The van der Waals surface area contributed by atoms with Crippen LogP contribution in [0.1, 0.15) is 5.56 Å². The number of fused-ring (bicyclic) bond motifs is 3. The Bertz CT molecular complexity index is 2480. The van der Waals surface area contributed by atoms with Crippen LogP contribution >= 0.6 is 11.6 Å². The first-order valence-electron chi connectivity index (χ1n) is 13.8. The minimum Gasteiger partial charge on any atom is -0.351 e. The molecular formula is C33H21ClN8O2. The zero-order valence-electron chi connectivity index (χ0n) is 22.9. The quantitative estimate of drug-likeness (QED) is 0.261. The maximum Gasteiger partial charge on any atom is 0.279 e. The molecule has 4 aromatic heterocycles. The Morgan fingerprint density at radius 1 is 0.773 bits per heavy atom. The van der Waals surface area contributed by atoms with E-state index in [9.17, 15) is 9.59 Å². The normalized spacial score (nSPS) is 11.6. The number of rotatable bonds is 5. The van der Waals surface area contributed by atoms with E-state index in [2.05, 4.69) is 20.4 Å². The largest absolute Gasteiger partial charge is 0.351 e. The number of halogens is 1. The fourth-order valence-corrected chi connectivity index (χ4v) is 5.73. The molecule has 0 bridgehead atoms. The number of nitrogens with zero attached hydrogens (tertiary/aromatic N) is 6. The van der Waals surface area contributed by atoms with Crippen molar-refractivity contribution in [2.24, 2.45) is 0 Å². The maximum atomic E-state index is 13.8. The SMILES string of the molecule is O=c1[nH]n(-c2nc(-c3[nH]c4ccc(Cl)cc4c3-c3ccccc3)nc3c2nnn3Cc2ccccc2)c(=O)c2ccccc12. The summed E-state index contributed by atoms with van der Waals surface area (Å²) in [4.78, 5) is 40.2. The lowest BCUT2D eigenvalue weighted by Crippen LogP contribution is -2.29. The van der Waals surface area contributed by atoms with E-state index >= 15 is 0 Å². The van der Waals surface area contributed by atoms with Gasteiger partial charge in [0.25, 0.3) is 11.1 Å². The molecule has 0 spiro atoms. The number of benzene rings is 4. The lowest BCUT2D eigenvalue weighted by Gasteiger charge is -2.10. The van der Waals surface area contributed by atoms with Crippen LogP contribution in [0.25, 0.3) is 61.3 Å².